The fourth-order valence-electron chi connectivity index (χ4n) is 2.13. The Labute approximate surface area is 123 Å². The molecule has 1 fully saturated rings. The number of amides is 3. The first-order valence-corrected chi connectivity index (χ1v) is 6.33. The number of primary amides is 1. The lowest BCUT2D eigenvalue weighted by Crippen LogP contribution is -2.53. The molecule has 22 heavy (non-hydrogen) atoms. The first-order chi connectivity index (χ1) is 10.3. The van der Waals surface area contributed by atoms with Crippen LogP contribution in [0.4, 0.5) is 13.2 Å². The summed E-state index contributed by atoms with van der Waals surface area (Å²) in [6, 6.07) is 0.795. The van der Waals surface area contributed by atoms with Gasteiger partial charge in [0.15, 0.2) is 11.6 Å². The van der Waals surface area contributed by atoms with Gasteiger partial charge in [-0.1, -0.05) is 0 Å². The second kappa shape index (κ2) is 6.04. The van der Waals surface area contributed by atoms with Crippen molar-refractivity contribution in [3.63, 3.8) is 0 Å². The van der Waals surface area contributed by atoms with E-state index in [4.69, 9.17) is 5.73 Å². The zero-order valence-corrected chi connectivity index (χ0v) is 11.3. The van der Waals surface area contributed by atoms with Gasteiger partial charge < -0.3 is 15.5 Å². The van der Waals surface area contributed by atoms with Crippen LogP contribution in [0, 0.1) is 17.5 Å². The Hall–Kier alpha value is -2.58. The molecule has 0 atom stereocenters. The van der Waals surface area contributed by atoms with Crippen LogP contribution in [0.3, 0.4) is 0 Å². The lowest BCUT2D eigenvalue weighted by Gasteiger charge is -2.34. The van der Waals surface area contributed by atoms with E-state index in [2.05, 4.69) is 0 Å². The van der Waals surface area contributed by atoms with Crippen LogP contribution in [0.5, 0.6) is 0 Å². The molecule has 0 aliphatic carbocycles. The highest BCUT2D eigenvalue weighted by Gasteiger charge is 2.28. The Kier molecular flexibility index (Phi) is 4.34. The van der Waals surface area contributed by atoms with E-state index < -0.39 is 40.7 Å². The number of hydrogen-bond donors (Lipinski definition) is 1. The average Bonchev–Trinajstić information content (AvgIpc) is 2.49. The molecular formula is C13H12F3N3O3. The molecule has 1 aromatic rings. The number of hydrogen-bond acceptors (Lipinski definition) is 3. The third-order valence-corrected chi connectivity index (χ3v) is 3.31. The molecule has 0 radical (unpaired) electrons. The van der Waals surface area contributed by atoms with Crippen molar-refractivity contribution < 1.29 is 27.6 Å². The summed E-state index contributed by atoms with van der Waals surface area (Å²) >= 11 is 0. The molecule has 1 saturated heterocycles. The van der Waals surface area contributed by atoms with Crippen LogP contribution in [0.1, 0.15) is 10.4 Å². The van der Waals surface area contributed by atoms with Crippen molar-refractivity contribution in [3.8, 4) is 0 Å². The van der Waals surface area contributed by atoms with Gasteiger partial charge in [0.2, 0.25) is 0 Å². The minimum atomic E-state index is -1.38. The second-order valence-electron chi connectivity index (χ2n) is 4.69. The van der Waals surface area contributed by atoms with E-state index in [0.29, 0.717) is 12.1 Å². The summed E-state index contributed by atoms with van der Waals surface area (Å²) in [7, 11) is 0. The zero-order valence-electron chi connectivity index (χ0n) is 11.3. The molecule has 2 rings (SSSR count). The number of halogens is 3. The zero-order chi connectivity index (χ0) is 16.4. The van der Waals surface area contributed by atoms with Crippen molar-refractivity contribution in [3.05, 3.63) is 35.1 Å². The fourth-order valence-corrected chi connectivity index (χ4v) is 2.13. The molecule has 9 heteroatoms. The Morgan fingerprint density at radius 3 is 1.91 bits per heavy atom. The molecule has 2 N–H and O–H groups in total. The Bertz CT molecular complexity index is 643. The molecule has 1 aromatic carbocycles. The van der Waals surface area contributed by atoms with Gasteiger partial charge in [0.25, 0.3) is 5.91 Å². The number of carbonyl (C=O) groups excluding carboxylic acids is 3. The monoisotopic (exact) mass is 315 g/mol. The third kappa shape index (κ3) is 3.02. The van der Waals surface area contributed by atoms with Gasteiger partial charge in [-0.3, -0.25) is 14.4 Å². The maximum Gasteiger partial charge on any atom is 0.311 e. The quantitative estimate of drug-likeness (QED) is 0.579. The van der Waals surface area contributed by atoms with Crippen molar-refractivity contribution in [1.29, 1.82) is 0 Å². The van der Waals surface area contributed by atoms with Gasteiger partial charge in [-0.15, -0.1) is 0 Å². The van der Waals surface area contributed by atoms with E-state index in [1.54, 1.807) is 0 Å². The van der Waals surface area contributed by atoms with Gasteiger partial charge in [0.1, 0.15) is 5.82 Å². The summed E-state index contributed by atoms with van der Waals surface area (Å²) in [5.41, 5.74) is 4.28. The maximum atomic E-state index is 13.6. The molecule has 0 unspecified atom stereocenters. The minimum Gasteiger partial charge on any atom is -0.361 e. The average molecular weight is 315 g/mol. The molecule has 0 spiro atoms. The molecule has 6 nitrogen and oxygen atoms in total. The van der Waals surface area contributed by atoms with Gasteiger partial charge >= 0.3 is 11.8 Å². The Morgan fingerprint density at radius 1 is 0.864 bits per heavy atom. The molecule has 1 aliphatic heterocycles. The van der Waals surface area contributed by atoms with Crippen LogP contribution < -0.4 is 5.73 Å². The summed E-state index contributed by atoms with van der Waals surface area (Å²) in [5, 5.41) is 0. The van der Waals surface area contributed by atoms with Gasteiger partial charge in [-0.05, 0) is 6.07 Å². The number of benzene rings is 1. The molecule has 118 valence electrons. The SMILES string of the molecule is NC(=O)C(=O)N1CCN(C(=O)c2cc(F)c(F)cc2F)CC1. The third-order valence-electron chi connectivity index (χ3n) is 3.31. The second-order valence-corrected chi connectivity index (χ2v) is 4.69. The van der Waals surface area contributed by atoms with Crippen LogP contribution >= 0.6 is 0 Å². The topological polar surface area (TPSA) is 83.7 Å². The molecule has 0 aromatic heterocycles. The van der Waals surface area contributed by atoms with E-state index in [0.717, 1.165) is 4.90 Å². The predicted octanol–water partition coefficient (Wildman–Crippen LogP) is -0.126. The lowest BCUT2D eigenvalue weighted by molar-refractivity contribution is -0.145. The van der Waals surface area contributed by atoms with Gasteiger partial charge in [0, 0.05) is 32.2 Å². The lowest BCUT2D eigenvalue weighted by atomic mass is 10.1. The summed E-state index contributed by atoms with van der Waals surface area (Å²) in [4.78, 5) is 36.6. The van der Waals surface area contributed by atoms with E-state index in [1.807, 2.05) is 0 Å². The van der Waals surface area contributed by atoms with Gasteiger partial charge in [0.05, 0.1) is 5.56 Å². The van der Waals surface area contributed by atoms with Gasteiger partial charge in [-0.25, -0.2) is 13.2 Å². The maximum absolute atomic E-state index is 13.6. The number of piperazine rings is 1. The van der Waals surface area contributed by atoms with Crippen LogP contribution in [0.15, 0.2) is 12.1 Å². The highest BCUT2D eigenvalue weighted by atomic mass is 19.2. The first kappa shape index (κ1) is 15.8. The Morgan fingerprint density at radius 2 is 1.36 bits per heavy atom. The number of nitrogens with zero attached hydrogens (tertiary/aromatic N) is 2. The van der Waals surface area contributed by atoms with Crippen molar-refractivity contribution in [1.82, 2.24) is 9.80 Å². The van der Waals surface area contributed by atoms with Crippen molar-refractivity contribution >= 4 is 17.7 Å². The standard InChI is InChI=1S/C13H12F3N3O3/c14-8-6-10(16)9(15)5-7(8)12(21)18-1-3-19(4-2-18)13(22)11(17)20/h5-6H,1-4H2,(H2,17,20). The Balaban J connectivity index is 2.09. The van der Waals surface area contributed by atoms with E-state index in [9.17, 15) is 27.6 Å². The molecule has 1 heterocycles. The fraction of sp³-hybridized carbons (Fsp3) is 0.308. The van der Waals surface area contributed by atoms with E-state index in [1.165, 1.54) is 4.90 Å². The molecule has 1 aliphatic rings. The van der Waals surface area contributed by atoms with Crippen molar-refractivity contribution in [2.45, 2.75) is 0 Å². The number of rotatable bonds is 1. The summed E-state index contributed by atoms with van der Waals surface area (Å²) in [6.45, 7) is 0.129. The molecule has 0 bridgehead atoms. The number of nitrogens with two attached hydrogens (primary N) is 1. The first-order valence-electron chi connectivity index (χ1n) is 6.33. The summed E-state index contributed by atoms with van der Waals surface area (Å²) in [5.74, 6) is -6.67. The van der Waals surface area contributed by atoms with Crippen LogP contribution in [0.25, 0.3) is 0 Å². The largest absolute Gasteiger partial charge is 0.361 e. The molecule has 0 saturated carbocycles. The van der Waals surface area contributed by atoms with Gasteiger partial charge in [-0.2, -0.15) is 0 Å². The van der Waals surface area contributed by atoms with Crippen molar-refractivity contribution in [2.24, 2.45) is 5.73 Å². The van der Waals surface area contributed by atoms with E-state index >= 15 is 0 Å². The van der Waals surface area contributed by atoms with E-state index in [-0.39, 0.29) is 26.2 Å². The smallest absolute Gasteiger partial charge is 0.311 e. The predicted molar refractivity (Wildman–Crippen MR) is 68.0 cm³/mol. The molecular weight excluding hydrogens is 303 g/mol. The van der Waals surface area contributed by atoms with Crippen LogP contribution in [-0.2, 0) is 9.59 Å². The molecule has 3 amide bonds. The summed E-state index contributed by atoms with van der Waals surface area (Å²) in [6.07, 6.45) is 0. The highest BCUT2D eigenvalue weighted by Crippen LogP contribution is 2.16. The van der Waals surface area contributed by atoms with Crippen LogP contribution in [0.2, 0.25) is 0 Å². The normalized spacial score (nSPS) is 14.9. The number of carbonyl (C=O) groups is 3. The highest BCUT2D eigenvalue weighted by molar-refractivity contribution is 6.34. The van der Waals surface area contributed by atoms with Crippen LogP contribution in [-0.4, -0.2) is 53.7 Å². The van der Waals surface area contributed by atoms with Crippen molar-refractivity contribution in [2.75, 3.05) is 26.2 Å². The minimum absolute atomic E-state index is 0.0241. The summed E-state index contributed by atoms with van der Waals surface area (Å²) < 4.78 is 39.5.